The topological polar surface area (TPSA) is 95.7 Å². The lowest BCUT2D eigenvalue weighted by Crippen LogP contribution is -2.36. The third-order valence-corrected chi connectivity index (χ3v) is 3.50. The van der Waals surface area contributed by atoms with Crippen LogP contribution in [-0.2, 0) is 25.2 Å². The Bertz CT molecular complexity index is 626. The van der Waals surface area contributed by atoms with Gasteiger partial charge in [0.05, 0.1) is 24.7 Å². The first-order chi connectivity index (χ1) is 12.1. The highest BCUT2D eigenvalue weighted by Crippen LogP contribution is 2.33. The van der Waals surface area contributed by atoms with Gasteiger partial charge in [0, 0.05) is 4.92 Å². The highest BCUT2D eigenvalue weighted by Gasteiger charge is 2.41. The van der Waals surface area contributed by atoms with Crippen molar-refractivity contribution in [1.82, 2.24) is 0 Å². The van der Waals surface area contributed by atoms with Crippen LogP contribution < -0.4 is 0 Å². The Hall–Kier alpha value is -2.65. The SMILES string of the molecule is CCOC(=O)C(C(=O)OCC)C(C[N+](=O)[O-])c1ccc(C(F)(F)F)cc1. The molecule has 0 saturated carbocycles. The first-order valence-electron chi connectivity index (χ1n) is 7.74. The van der Waals surface area contributed by atoms with Crippen molar-refractivity contribution >= 4 is 11.9 Å². The van der Waals surface area contributed by atoms with Gasteiger partial charge in [-0.15, -0.1) is 0 Å². The molecule has 0 spiro atoms. The molecule has 10 heteroatoms. The molecule has 0 aliphatic rings. The van der Waals surface area contributed by atoms with Gasteiger partial charge in [0.25, 0.3) is 0 Å². The van der Waals surface area contributed by atoms with Gasteiger partial charge in [-0.25, -0.2) is 0 Å². The first kappa shape index (κ1) is 21.4. The second-order valence-electron chi connectivity index (χ2n) is 5.22. The number of benzene rings is 1. The molecule has 0 saturated heterocycles. The number of rotatable bonds is 8. The largest absolute Gasteiger partial charge is 0.465 e. The maximum absolute atomic E-state index is 12.7. The lowest BCUT2D eigenvalue weighted by Gasteiger charge is -2.22. The molecule has 26 heavy (non-hydrogen) atoms. The maximum Gasteiger partial charge on any atom is 0.416 e. The lowest BCUT2D eigenvalue weighted by molar-refractivity contribution is -0.484. The quantitative estimate of drug-likeness (QED) is 0.299. The van der Waals surface area contributed by atoms with E-state index >= 15 is 0 Å². The minimum atomic E-state index is -4.58. The average Bonchev–Trinajstić information content (AvgIpc) is 2.53. The summed E-state index contributed by atoms with van der Waals surface area (Å²) in [6.07, 6.45) is -4.58. The van der Waals surface area contributed by atoms with Crippen LogP contribution in [0, 0.1) is 16.0 Å². The Kier molecular flexibility index (Phi) is 7.54. The van der Waals surface area contributed by atoms with Crippen molar-refractivity contribution in [2.24, 2.45) is 5.92 Å². The van der Waals surface area contributed by atoms with Gasteiger partial charge in [-0.3, -0.25) is 19.7 Å². The van der Waals surface area contributed by atoms with Crippen LogP contribution in [0.25, 0.3) is 0 Å². The highest BCUT2D eigenvalue weighted by molar-refractivity contribution is 5.96. The third kappa shape index (κ3) is 5.71. The van der Waals surface area contributed by atoms with Crippen LogP contribution in [0.4, 0.5) is 13.2 Å². The molecule has 0 fully saturated rings. The molecule has 0 heterocycles. The minimum Gasteiger partial charge on any atom is -0.465 e. The van der Waals surface area contributed by atoms with Gasteiger partial charge in [0.1, 0.15) is 0 Å². The first-order valence-corrected chi connectivity index (χ1v) is 7.74. The summed E-state index contributed by atoms with van der Waals surface area (Å²) < 4.78 is 47.7. The van der Waals surface area contributed by atoms with Crippen molar-refractivity contribution in [1.29, 1.82) is 0 Å². The van der Waals surface area contributed by atoms with Crippen LogP contribution >= 0.6 is 0 Å². The van der Waals surface area contributed by atoms with Crippen LogP contribution in [0.2, 0.25) is 0 Å². The molecule has 0 radical (unpaired) electrons. The van der Waals surface area contributed by atoms with Crippen molar-refractivity contribution in [3.05, 3.63) is 45.5 Å². The number of esters is 2. The van der Waals surface area contributed by atoms with Gasteiger partial charge in [0.15, 0.2) is 5.92 Å². The van der Waals surface area contributed by atoms with Gasteiger partial charge in [-0.1, -0.05) is 12.1 Å². The Morgan fingerprint density at radius 2 is 1.54 bits per heavy atom. The lowest BCUT2D eigenvalue weighted by atomic mass is 9.85. The molecule has 1 unspecified atom stereocenters. The van der Waals surface area contributed by atoms with Crippen molar-refractivity contribution in [2.75, 3.05) is 19.8 Å². The molecule has 0 amide bonds. The Morgan fingerprint density at radius 1 is 1.08 bits per heavy atom. The van der Waals surface area contributed by atoms with Crippen LogP contribution in [0.3, 0.4) is 0 Å². The number of hydrogen-bond donors (Lipinski definition) is 0. The Balaban J connectivity index is 3.32. The molecule has 144 valence electrons. The number of hydrogen-bond acceptors (Lipinski definition) is 6. The second kappa shape index (κ2) is 9.16. The molecule has 1 rings (SSSR count). The van der Waals surface area contributed by atoms with E-state index in [9.17, 15) is 32.9 Å². The molecule has 0 aliphatic heterocycles. The minimum absolute atomic E-state index is 0.0285. The van der Waals surface area contributed by atoms with E-state index in [4.69, 9.17) is 9.47 Å². The fourth-order valence-electron chi connectivity index (χ4n) is 2.37. The van der Waals surface area contributed by atoms with Crippen LogP contribution in [-0.4, -0.2) is 36.6 Å². The molecule has 0 aliphatic carbocycles. The van der Waals surface area contributed by atoms with E-state index in [0.717, 1.165) is 24.3 Å². The van der Waals surface area contributed by atoms with E-state index in [1.54, 1.807) is 0 Å². The van der Waals surface area contributed by atoms with Gasteiger partial charge in [-0.05, 0) is 31.5 Å². The predicted octanol–water partition coefficient (Wildman–Crippen LogP) is 2.81. The molecule has 0 bridgehead atoms. The molecule has 1 aromatic carbocycles. The molecule has 0 aromatic heterocycles. The summed E-state index contributed by atoms with van der Waals surface area (Å²) in [4.78, 5) is 34.6. The summed E-state index contributed by atoms with van der Waals surface area (Å²) in [5.74, 6) is -5.04. The number of nitro groups is 1. The van der Waals surface area contributed by atoms with Crippen LogP contribution in [0.1, 0.15) is 30.9 Å². The number of alkyl halides is 3. The predicted molar refractivity (Wildman–Crippen MR) is 82.8 cm³/mol. The smallest absolute Gasteiger partial charge is 0.416 e. The Morgan fingerprint density at radius 3 is 1.88 bits per heavy atom. The second-order valence-corrected chi connectivity index (χ2v) is 5.22. The van der Waals surface area contributed by atoms with E-state index in [-0.39, 0.29) is 18.8 Å². The van der Waals surface area contributed by atoms with Crippen LogP contribution in [0.15, 0.2) is 24.3 Å². The Labute approximate surface area is 147 Å². The zero-order chi connectivity index (χ0) is 19.9. The molecule has 7 nitrogen and oxygen atoms in total. The van der Waals surface area contributed by atoms with E-state index in [1.807, 2.05) is 0 Å². The number of halogens is 3. The normalized spacial score (nSPS) is 12.5. The fourth-order valence-corrected chi connectivity index (χ4v) is 2.37. The highest BCUT2D eigenvalue weighted by atomic mass is 19.4. The number of carbonyl (C=O) groups is 2. The molecule has 0 N–H and O–H groups in total. The summed E-state index contributed by atoms with van der Waals surface area (Å²) in [5, 5.41) is 11.0. The zero-order valence-corrected chi connectivity index (χ0v) is 14.1. The maximum atomic E-state index is 12.7. The molecule has 1 aromatic rings. The summed E-state index contributed by atoms with van der Waals surface area (Å²) in [5.41, 5.74) is -0.925. The molecular weight excluding hydrogens is 359 g/mol. The van der Waals surface area contributed by atoms with E-state index in [0.29, 0.717) is 0 Å². The van der Waals surface area contributed by atoms with E-state index in [2.05, 4.69) is 0 Å². The van der Waals surface area contributed by atoms with Gasteiger partial charge >= 0.3 is 18.1 Å². The van der Waals surface area contributed by atoms with Crippen LogP contribution in [0.5, 0.6) is 0 Å². The third-order valence-electron chi connectivity index (χ3n) is 3.50. The van der Waals surface area contributed by atoms with Crippen molar-refractivity contribution in [3.8, 4) is 0 Å². The molecular formula is C16H18F3NO6. The fraction of sp³-hybridized carbons (Fsp3) is 0.500. The number of carbonyl (C=O) groups excluding carboxylic acids is 2. The monoisotopic (exact) mass is 377 g/mol. The summed E-state index contributed by atoms with van der Waals surface area (Å²) in [6, 6.07) is 3.47. The van der Waals surface area contributed by atoms with Crippen molar-refractivity contribution in [2.45, 2.75) is 25.9 Å². The van der Waals surface area contributed by atoms with E-state index in [1.165, 1.54) is 13.8 Å². The summed E-state index contributed by atoms with van der Waals surface area (Å²) in [6.45, 7) is 1.97. The van der Waals surface area contributed by atoms with Gasteiger partial charge in [-0.2, -0.15) is 13.2 Å². The summed E-state index contributed by atoms with van der Waals surface area (Å²) >= 11 is 0. The average molecular weight is 377 g/mol. The van der Waals surface area contributed by atoms with Crippen molar-refractivity contribution in [3.63, 3.8) is 0 Å². The van der Waals surface area contributed by atoms with Gasteiger partial charge < -0.3 is 9.47 Å². The number of nitrogens with zero attached hydrogens (tertiary/aromatic N) is 1. The summed E-state index contributed by atoms with van der Waals surface area (Å²) in [7, 11) is 0. The standard InChI is InChI=1S/C16H18F3NO6/c1-3-25-14(21)13(15(22)26-4-2)12(9-20(23)24)10-5-7-11(8-6-10)16(17,18)19/h5-8,12-13H,3-4,9H2,1-2H3. The van der Waals surface area contributed by atoms with Crippen molar-refractivity contribution < 1.29 is 37.2 Å². The van der Waals surface area contributed by atoms with E-state index < -0.39 is 47.0 Å². The van der Waals surface area contributed by atoms with Gasteiger partial charge in [0.2, 0.25) is 6.54 Å². The number of ether oxygens (including phenoxy) is 2. The molecule has 1 atom stereocenters. The zero-order valence-electron chi connectivity index (χ0n) is 14.1.